The molecule has 0 fully saturated rings. The van der Waals surface area contributed by atoms with E-state index in [1.807, 2.05) is 67.3 Å². The molecule has 0 aliphatic rings. The molecule has 0 aliphatic heterocycles. The smallest absolute Gasteiger partial charge is 0.305 e. The molecule has 5 heteroatoms. The SMILES string of the molecule is CCCN(Cc1ccc(OCCCCCC(=O)OCC)cc1)C(=O)c1ccc(C)cc1. The fourth-order valence-electron chi connectivity index (χ4n) is 3.28. The monoisotopic (exact) mass is 425 g/mol. The molecule has 0 aliphatic carbocycles. The van der Waals surface area contributed by atoms with Crippen LogP contribution in [0, 0.1) is 6.92 Å². The van der Waals surface area contributed by atoms with Crippen molar-refractivity contribution in [1.82, 2.24) is 4.90 Å². The van der Waals surface area contributed by atoms with Crippen LogP contribution in [-0.4, -0.2) is 36.5 Å². The summed E-state index contributed by atoms with van der Waals surface area (Å²) in [6.45, 7) is 8.28. The summed E-state index contributed by atoms with van der Waals surface area (Å²) >= 11 is 0. The number of unbranched alkanes of at least 4 members (excludes halogenated alkanes) is 2. The molecule has 0 spiro atoms. The van der Waals surface area contributed by atoms with Crippen LogP contribution in [-0.2, 0) is 16.1 Å². The van der Waals surface area contributed by atoms with Crippen molar-refractivity contribution in [3.8, 4) is 5.75 Å². The zero-order chi connectivity index (χ0) is 22.5. The van der Waals surface area contributed by atoms with E-state index in [2.05, 4.69) is 6.92 Å². The fraction of sp³-hybridized carbons (Fsp3) is 0.462. The predicted octanol–water partition coefficient (Wildman–Crippen LogP) is 5.55. The molecular formula is C26H35NO4. The highest BCUT2D eigenvalue weighted by molar-refractivity contribution is 5.94. The van der Waals surface area contributed by atoms with Crippen LogP contribution < -0.4 is 4.74 Å². The summed E-state index contributed by atoms with van der Waals surface area (Å²) in [5.41, 5.74) is 2.95. The maximum Gasteiger partial charge on any atom is 0.305 e. The van der Waals surface area contributed by atoms with E-state index in [4.69, 9.17) is 9.47 Å². The van der Waals surface area contributed by atoms with Gasteiger partial charge in [0.2, 0.25) is 0 Å². The summed E-state index contributed by atoms with van der Waals surface area (Å²) in [6.07, 6.45) is 4.04. The second-order valence-corrected chi connectivity index (χ2v) is 7.70. The standard InChI is InChI=1S/C26H35NO4/c1-4-18-27(26(29)23-14-10-21(3)11-15-23)20-22-12-16-24(17-13-22)31-19-8-6-7-9-25(28)30-5-2/h10-17H,4-9,18-20H2,1-3H3. The van der Waals surface area contributed by atoms with Crippen molar-refractivity contribution in [1.29, 1.82) is 0 Å². The van der Waals surface area contributed by atoms with E-state index < -0.39 is 0 Å². The van der Waals surface area contributed by atoms with E-state index in [0.717, 1.165) is 54.7 Å². The van der Waals surface area contributed by atoms with Crippen molar-refractivity contribution < 1.29 is 19.1 Å². The number of carbonyl (C=O) groups is 2. The largest absolute Gasteiger partial charge is 0.494 e. The number of carbonyl (C=O) groups excluding carboxylic acids is 2. The number of rotatable bonds is 13. The molecule has 2 aromatic carbocycles. The first-order valence-electron chi connectivity index (χ1n) is 11.3. The van der Waals surface area contributed by atoms with Crippen LogP contribution in [0.25, 0.3) is 0 Å². The molecule has 2 aromatic rings. The molecule has 0 saturated heterocycles. The zero-order valence-corrected chi connectivity index (χ0v) is 19.1. The van der Waals surface area contributed by atoms with Crippen molar-refractivity contribution in [2.75, 3.05) is 19.8 Å². The molecule has 5 nitrogen and oxygen atoms in total. The van der Waals surface area contributed by atoms with Crippen molar-refractivity contribution in [2.45, 2.75) is 59.4 Å². The average Bonchev–Trinajstić information content (AvgIpc) is 2.77. The Kier molecular flexibility index (Phi) is 10.6. The van der Waals surface area contributed by atoms with Gasteiger partial charge in [0.05, 0.1) is 13.2 Å². The van der Waals surface area contributed by atoms with E-state index in [1.54, 1.807) is 0 Å². The maximum absolute atomic E-state index is 12.9. The van der Waals surface area contributed by atoms with Gasteiger partial charge in [-0.05, 0) is 69.4 Å². The number of hydrogen-bond acceptors (Lipinski definition) is 4. The summed E-state index contributed by atoms with van der Waals surface area (Å²) < 4.78 is 10.7. The lowest BCUT2D eigenvalue weighted by molar-refractivity contribution is -0.143. The van der Waals surface area contributed by atoms with Gasteiger partial charge in [-0.1, -0.05) is 36.8 Å². The number of esters is 1. The number of benzene rings is 2. The van der Waals surface area contributed by atoms with Crippen LogP contribution >= 0.6 is 0 Å². The van der Waals surface area contributed by atoms with E-state index in [1.165, 1.54) is 0 Å². The molecule has 2 rings (SSSR count). The molecular weight excluding hydrogens is 390 g/mol. The van der Waals surface area contributed by atoms with Gasteiger partial charge < -0.3 is 14.4 Å². The first-order valence-corrected chi connectivity index (χ1v) is 11.3. The summed E-state index contributed by atoms with van der Waals surface area (Å²) in [4.78, 5) is 26.1. The summed E-state index contributed by atoms with van der Waals surface area (Å²) in [5, 5.41) is 0. The molecule has 0 radical (unpaired) electrons. The Morgan fingerprint density at radius 1 is 0.903 bits per heavy atom. The molecule has 0 N–H and O–H groups in total. The highest BCUT2D eigenvalue weighted by atomic mass is 16.5. The third-order valence-corrected chi connectivity index (χ3v) is 4.98. The summed E-state index contributed by atoms with van der Waals surface area (Å²) in [7, 11) is 0. The number of aryl methyl sites for hydroxylation is 1. The van der Waals surface area contributed by atoms with Crippen molar-refractivity contribution in [3.63, 3.8) is 0 Å². The minimum absolute atomic E-state index is 0.0602. The van der Waals surface area contributed by atoms with Crippen LogP contribution in [0.3, 0.4) is 0 Å². The van der Waals surface area contributed by atoms with Crippen LogP contribution in [0.1, 0.15) is 67.4 Å². The van der Waals surface area contributed by atoms with Gasteiger partial charge in [0.15, 0.2) is 0 Å². The Morgan fingerprint density at radius 3 is 2.26 bits per heavy atom. The van der Waals surface area contributed by atoms with E-state index >= 15 is 0 Å². The van der Waals surface area contributed by atoms with Crippen LogP contribution in [0.15, 0.2) is 48.5 Å². The van der Waals surface area contributed by atoms with Gasteiger partial charge in [-0.2, -0.15) is 0 Å². The first kappa shape index (κ1) is 24.4. The summed E-state index contributed by atoms with van der Waals surface area (Å²) in [5.74, 6) is 0.753. The van der Waals surface area contributed by atoms with Crippen molar-refractivity contribution >= 4 is 11.9 Å². The minimum atomic E-state index is -0.128. The molecule has 0 heterocycles. The second kappa shape index (κ2) is 13.5. The van der Waals surface area contributed by atoms with Gasteiger partial charge in [0.25, 0.3) is 5.91 Å². The Labute approximate surface area is 186 Å². The third-order valence-electron chi connectivity index (χ3n) is 4.98. The normalized spacial score (nSPS) is 10.5. The lowest BCUT2D eigenvalue weighted by Gasteiger charge is -2.22. The quantitative estimate of drug-likeness (QED) is 0.312. The van der Waals surface area contributed by atoms with Gasteiger partial charge in [-0.3, -0.25) is 9.59 Å². The highest BCUT2D eigenvalue weighted by Crippen LogP contribution is 2.16. The third kappa shape index (κ3) is 8.83. The average molecular weight is 426 g/mol. The van der Waals surface area contributed by atoms with E-state index in [-0.39, 0.29) is 11.9 Å². The number of nitrogens with zero attached hydrogens (tertiary/aromatic N) is 1. The summed E-state index contributed by atoms with van der Waals surface area (Å²) in [6, 6.07) is 15.7. The Bertz CT molecular complexity index is 799. The maximum atomic E-state index is 12.9. The van der Waals surface area contributed by atoms with Crippen molar-refractivity contribution in [2.24, 2.45) is 0 Å². The molecule has 0 aromatic heterocycles. The van der Waals surface area contributed by atoms with E-state index in [0.29, 0.717) is 26.2 Å². The second-order valence-electron chi connectivity index (χ2n) is 7.70. The van der Waals surface area contributed by atoms with Crippen LogP contribution in [0.5, 0.6) is 5.75 Å². The number of amides is 1. The Balaban J connectivity index is 1.79. The molecule has 1 amide bonds. The lowest BCUT2D eigenvalue weighted by atomic mass is 10.1. The molecule has 0 atom stereocenters. The van der Waals surface area contributed by atoms with Crippen molar-refractivity contribution in [3.05, 3.63) is 65.2 Å². The van der Waals surface area contributed by atoms with Crippen LogP contribution in [0.2, 0.25) is 0 Å². The molecule has 0 saturated carbocycles. The fourth-order valence-corrected chi connectivity index (χ4v) is 3.28. The molecule has 168 valence electrons. The van der Waals surface area contributed by atoms with Gasteiger partial charge in [0.1, 0.15) is 5.75 Å². The van der Waals surface area contributed by atoms with Gasteiger partial charge in [-0.25, -0.2) is 0 Å². The van der Waals surface area contributed by atoms with Gasteiger partial charge in [-0.15, -0.1) is 0 Å². The lowest BCUT2D eigenvalue weighted by Crippen LogP contribution is -2.31. The van der Waals surface area contributed by atoms with E-state index in [9.17, 15) is 9.59 Å². The first-order chi connectivity index (χ1) is 15.0. The topological polar surface area (TPSA) is 55.8 Å². The Hall–Kier alpha value is -2.82. The van der Waals surface area contributed by atoms with Gasteiger partial charge in [0, 0.05) is 25.1 Å². The van der Waals surface area contributed by atoms with Crippen LogP contribution in [0.4, 0.5) is 0 Å². The zero-order valence-electron chi connectivity index (χ0n) is 19.1. The number of hydrogen-bond donors (Lipinski definition) is 0. The van der Waals surface area contributed by atoms with Gasteiger partial charge >= 0.3 is 5.97 Å². The molecule has 31 heavy (non-hydrogen) atoms. The Morgan fingerprint density at radius 2 is 1.61 bits per heavy atom. The number of ether oxygens (including phenoxy) is 2. The molecule has 0 bridgehead atoms. The highest BCUT2D eigenvalue weighted by Gasteiger charge is 2.15. The predicted molar refractivity (Wildman–Crippen MR) is 123 cm³/mol. The minimum Gasteiger partial charge on any atom is -0.494 e. The molecule has 0 unspecified atom stereocenters.